The van der Waals surface area contributed by atoms with E-state index in [0.717, 1.165) is 27.4 Å². The maximum absolute atomic E-state index is 12.9. The fourth-order valence-electron chi connectivity index (χ4n) is 3.64. The molecule has 33 heavy (non-hydrogen) atoms. The van der Waals surface area contributed by atoms with Crippen LogP contribution >= 0.6 is 11.3 Å². The van der Waals surface area contributed by atoms with E-state index in [-0.39, 0.29) is 19.2 Å². The van der Waals surface area contributed by atoms with Gasteiger partial charge in [0.05, 0.1) is 35.4 Å². The summed E-state index contributed by atoms with van der Waals surface area (Å²) < 4.78 is 5.31. The summed E-state index contributed by atoms with van der Waals surface area (Å²) in [6, 6.07) is 12.9. The first-order chi connectivity index (χ1) is 15.8. The number of rotatable bonds is 4. The third-order valence-electron chi connectivity index (χ3n) is 5.12. The van der Waals surface area contributed by atoms with E-state index >= 15 is 0 Å². The number of carbonyl (C=O) groups excluding carboxylic acids is 2. The average Bonchev–Trinajstić information content (AvgIpc) is 3.22. The van der Waals surface area contributed by atoms with Crippen molar-refractivity contribution in [2.45, 2.75) is 20.0 Å². The number of benzene rings is 1. The number of nitrogens with two attached hydrogens (primary N) is 1. The fraction of sp³-hybridized carbons (Fsp3) is 0.261. The zero-order valence-corrected chi connectivity index (χ0v) is 19.0. The van der Waals surface area contributed by atoms with E-state index in [4.69, 9.17) is 10.5 Å². The van der Waals surface area contributed by atoms with E-state index in [2.05, 4.69) is 21.4 Å². The molecular formula is C23H22N6O3S. The summed E-state index contributed by atoms with van der Waals surface area (Å²) in [4.78, 5) is 35.8. The lowest BCUT2D eigenvalue weighted by Crippen LogP contribution is -2.51. The number of morpholine rings is 1. The Kier molecular flexibility index (Phi) is 6.35. The minimum absolute atomic E-state index is 0.0826. The highest BCUT2D eigenvalue weighted by molar-refractivity contribution is 7.19. The molecule has 3 amide bonds. The number of primary amides is 1. The van der Waals surface area contributed by atoms with E-state index in [1.165, 1.54) is 16.2 Å². The number of anilines is 1. The Morgan fingerprint density at radius 1 is 1.21 bits per heavy atom. The molecule has 3 heterocycles. The predicted molar refractivity (Wildman–Crippen MR) is 124 cm³/mol. The third-order valence-corrected chi connectivity index (χ3v) is 6.14. The lowest BCUT2D eigenvalue weighted by Gasteiger charge is -2.31. The van der Waals surface area contributed by atoms with E-state index in [0.29, 0.717) is 22.9 Å². The van der Waals surface area contributed by atoms with Crippen molar-refractivity contribution in [3.05, 3.63) is 53.3 Å². The lowest BCUT2D eigenvalue weighted by atomic mass is 10.0. The van der Waals surface area contributed by atoms with E-state index in [1.807, 2.05) is 32.0 Å². The van der Waals surface area contributed by atoms with Crippen LogP contribution in [0.4, 0.5) is 9.93 Å². The first-order valence-electron chi connectivity index (χ1n) is 10.3. The van der Waals surface area contributed by atoms with Crippen LogP contribution in [0.15, 0.2) is 36.4 Å². The molecule has 9 nitrogen and oxygen atoms in total. The molecule has 0 radical (unpaired) electrons. The van der Waals surface area contributed by atoms with Crippen LogP contribution in [-0.2, 0) is 9.53 Å². The van der Waals surface area contributed by atoms with Crippen LogP contribution in [0.1, 0.15) is 17.0 Å². The monoisotopic (exact) mass is 462 g/mol. The second kappa shape index (κ2) is 9.36. The van der Waals surface area contributed by atoms with Crippen molar-refractivity contribution in [3.8, 4) is 27.8 Å². The molecule has 3 aromatic rings. The second-order valence-electron chi connectivity index (χ2n) is 7.67. The largest absolute Gasteiger partial charge is 0.367 e. The highest BCUT2D eigenvalue weighted by atomic mass is 32.1. The molecule has 1 atom stereocenters. The predicted octanol–water partition coefficient (Wildman–Crippen LogP) is 3.08. The van der Waals surface area contributed by atoms with Gasteiger partial charge < -0.3 is 15.4 Å². The molecule has 168 valence electrons. The summed E-state index contributed by atoms with van der Waals surface area (Å²) in [6.45, 7) is 4.49. The van der Waals surface area contributed by atoms with Crippen molar-refractivity contribution in [2.75, 3.05) is 25.0 Å². The topological polar surface area (TPSA) is 134 Å². The first-order valence-corrected chi connectivity index (χ1v) is 11.1. The number of nitrogens with one attached hydrogen (secondary N) is 1. The number of nitrogens with zero attached hydrogens (tertiary/aromatic N) is 4. The van der Waals surface area contributed by atoms with Gasteiger partial charge in [-0.3, -0.25) is 15.1 Å². The van der Waals surface area contributed by atoms with Gasteiger partial charge in [0.25, 0.3) is 0 Å². The number of hydrogen-bond acceptors (Lipinski definition) is 7. The highest BCUT2D eigenvalue weighted by Gasteiger charge is 2.28. The average molecular weight is 463 g/mol. The summed E-state index contributed by atoms with van der Waals surface area (Å²) in [7, 11) is 0. The molecule has 1 unspecified atom stereocenters. The van der Waals surface area contributed by atoms with Crippen LogP contribution in [0, 0.1) is 25.2 Å². The third kappa shape index (κ3) is 5.00. The Labute approximate surface area is 194 Å². The van der Waals surface area contributed by atoms with Gasteiger partial charge >= 0.3 is 6.03 Å². The molecule has 1 fully saturated rings. The van der Waals surface area contributed by atoms with E-state index in [1.54, 1.807) is 18.2 Å². The number of aryl methyl sites for hydroxylation is 2. The number of thiazole rings is 1. The van der Waals surface area contributed by atoms with Gasteiger partial charge in [-0.05, 0) is 43.7 Å². The van der Waals surface area contributed by atoms with Crippen LogP contribution in [0.25, 0.3) is 21.7 Å². The summed E-state index contributed by atoms with van der Waals surface area (Å²) in [6.07, 6.45) is -0.830. The normalized spacial score (nSPS) is 15.7. The summed E-state index contributed by atoms with van der Waals surface area (Å²) in [5, 5.41) is 12.6. The maximum atomic E-state index is 12.9. The highest BCUT2D eigenvalue weighted by Crippen LogP contribution is 2.39. The SMILES string of the molecule is Cc1cc(-c2sc(NC(=O)N3CCOC(C(N)=O)C3)nc2-c2cccc(C#N)c2)cc(C)n1. The number of pyridine rings is 1. The summed E-state index contributed by atoms with van der Waals surface area (Å²) in [5.41, 5.74) is 9.93. The van der Waals surface area contributed by atoms with Crippen molar-refractivity contribution in [1.29, 1.82) is 5.26 Å². The fourth-order valence-corrected chi connectivity index (χ4v) is 4.61. The van der Waals surface area contributed by atoms with Gasteiger partial charge in [-0.1, -0.05) is 23.5 Å². The molecule has 4 rings (SSSR count). The van der Waals surface area contributed by atoms with Crippen LogP contribution in [-0.4, -0.2) is 52.6 Å². The summed E-state index contributed by atoms with van der Waals surface area (Å²) in [5.74, 6) is -0.605. The van der Waals surface area contributed by atoms with E-state index < -0.39 is 12.0 Å². The van der Waals surface area contributed by atoms with Crippen LogP contribution < -0.4 is 11.1 Å². The number of carbonyl (C=O) groups is 2. The Balaban J connectivity index is 1.69. The standard InChI is InChI=1S/C23H22N6O3S/c1-13-8-17(9-14(2)26-13)20-19(16-5-3-4-15(10-16)11-24)27-22(33-20)28-23(31)29-6-7-32-18(12-29)21(25)30/h3-5,8-10,18H,6-7,12H2,1-2H3,(H2,25,30)(H,27,28,31). The van der Waals surface area contributed by atoms with E-state index in [9.17, 15) is 14.9 Å². The van der Waals surface area contributed by atoms with Crippen molar-refractivity contribution in [3.63, 3.8) is 0 Å². The van der Waals surface area contributed by atoms with Gasteiger partial charge in [0.15, 0.2) is 11.2 Å². The molecule has 1 aromatic carbocycles. The van der Waals surface area contributed by atoms with Crippen molar-refractivity contribution in [2.24, 2.45) is 5.73 Å². The minimum atomic E-state index is -0.830. The Hall–Kier alpha value is -3.81. The summed E-state index contributed by atoms with van der Waals surface area (Å²) >= 11 is 1.33. The van der Waals surface area contributed by atoms with Crippen LogP contribution in [0.2, 0.25) is 0 Å². The smallest absolute Gasteiger partial charge is 0.323 e. The molecule has 3 N–H and O–H groups in total. The number of nitriles is 1. The molecular weight excluding hydrogens is 440 g/mol. The lowest BCUT2D eigenvalue weighted by molar-refractivity contribution is -0.133. The van der Waals surface area contributed by atoms with Gasteiger partial charge in [0.1, 0.15) is 0 Å². The molecule has 0 spiro atoms. The minimum Gasteiger partial charge on any atom is -0.367 e. The van der Waals surface area contributed by atoms with Crippen molar-refractivity contribution < 1.29 is 14.3 Å². The van der Waals surface area contributed by atoms with Crippen LogP contribution in [0.3, 0.4) is 0 Å². The quantitative estimate of drug-likeness (QED) is 0.612. The molecule has 0 saturated carbocycles. The Morgan fingerprint density at radius 2 is 1.97 bits per heavy atom. The van der Waals surface area contributed by atoms with Crippen LogP contribution in [0.5, 0.6) is 0 Å². The van der Waals surface area contributed by atoms with Crippen molar-refractivity contribution in [1.82, 2.24) is 14.9 Å². The Bertz CT molecular complexity index is 1250. The number of hydrogen-bond donors (Lipinski definition) is 2. The zero-order valence-electron chi connectivity index (χ0n) is 18.2. The molecule has 0 bridgehead atoms. The molecule has 10 heteroatoms. The zero-order chi connectivity index (χ0) is 23.5. The van der Waals surface area contributed by atoms with Gasteiger partial charge in [-0.15, -0.1) is 0 Å². The van der Waals surface area contributed by atoms with Gasteiger partial charge in [0.2, 0.25) is 5.91 Å². The van der Waals surface area contributed by atoms with Crippen molar-refractivity contribution >= 4 is 28.4 Å². The first kappa shape index (κ1) is 22.4. The number of ether oxygens (including phenoxy) is 1. The molecule has 1 saturated heterocycles. The van der Waals surface area contributed by atoms with Gasteiger partial charge in [-0.2, -0.15) is 5.26 Å². The molecule has 2 aromatic heterocycles. The maximum Gasteiger partial charge on any atom is 0.323 e. The number of aromatic nitrogens is 2. The Morgan fingerprint density at radius 3 is 2.67 bits per heavy atom. The number of amides is 3. The van der Waals surface area contributed by atoms with Gasteiger partial charge in [-0.25, -0.2) is 9.78 Å². The molecule has 1 aliphatic heterocycles. The van der Waals surface area contributed by atoms with Gasteiger partial charge in [0, 0.05) is 23.5 Å². The molecule has 1 aliphatic rings. The molecule has 0 aliphatic carbocycles. The second-order valence-corrected chi connectivity index (χ2v) is 8.66. The number of urea groups is 1.